The Morgan fingerprint density at radius 2 is 2.27 bits per heavy atom. The van der Waals surface area contributed by atoms with Gasteiger partial charge in [-0.25, -0.2) is 0 Å². The van der Waals surface area contributed by atoms with E-state index >= 15 is 0 Å². The Labute approximate surface area is 92.7 Å². The van der Waals surface area contributed by atoms with Crippen molar-refractivity contribution in [3.05, 3.63) is 0 Å². The van der Waals surface area contributed by atoms with E-state index in [9.17, 15) is 0 Å². The molecule has 3 atom stereocenters. The molecular formula is C11H24N2O2. The molecule has 0 aromatic carbocycles. The lowest BCUT2D eigenvalue weighted by atomic mass is 10.0. The van der Waals surface area contributed by atoms with Crippen LogP contribution in [0.2, 0.25) is 0 Å². The topological polar surface area (TPSA) is 42.5 Å². The zero-order valence-corrected chi connectivity index (χ0v) is 10.1. The van der Waals surface area contributed by atoms with Gasteiger partial charge in [-0.3, -0.25) is 0 Å². The van der Waals surface area contributed by atoms with Gasteiger partial charge >= 0.3 is 0 Å². The summed E-state index contributed by atoms with van der Waals surface area (Å²) in [6.45, 7) is 5.98. The van der Waals surface area contributed by atoms with Crippen molar-refractivity contribution in [2.45, 2.75) is 25.5 Å². The van der Waals surface area contributed by atoms with Crippen molar-refractivity contribution >= 4 is 0 Å². The molecule has 90 valence electrons. The molecule has 1 heterocycles. The maximum atomic E-state index is 5.27. The highest BCUT2D eigenvalue weighted by molar-refractivity contribution is 4.82. The van der Waals surface area contributed by atoms with Crippen molar-refractivity contribution in [2.75, 3.05) is 40.5 Å². The zero-order chi connectivity index (χ0) is 11.1. The average molecular weight is 216 g/mol. The summed E-state index contributed by atoms with van der Waals surface area (Å²) in [5.74, 6) is 0.779. The molecule has 1 fully saturated rings. The first kappa shape index (κ1) is 12.9. The Morgan fingerprint density at radius 1 is 1.47 bits per heavy atom. The maximum absolute atomic E-state index is 5.27. The first-order valence-electron chi connectivity index (χ1n) is 5.73. The predicted octanol–water partition coefficient (Wildman–Crippen LogP) is 0.235. The molecule has 0 spiro atoms. The van der Waals surface area contributed by atoms with Crippen molar-refractivity contribution in [3.8, 4) is 0 Å². The minimum absolute atomic E-state index is 0.159. The molecule has 0 aromatic heterocycles. The summed E-state index contributed by atoms with van der Waals surface area (Å²) < 4.78 is 10.3. The van der Waals surface area contributed by atoms with Crippen molar-refractivity contribution in [3.63, 3.8) is 0 Å². The van der Waals surface area contributed by atoms with E-state index in [1.807, 2.05) is 0 Å². The van der Waals surface area contributed by atoms with Crippen LogP contribution >= 0.6 is 0 Å². The second kappa shape index (κ2) is 7.17. The van der Waals surface area contributed by atoms with Gasteiger partial charge in [0.15, 0.2) is 0 Å². The molecule has 0 radical (unpaired) electrons. The molecule has 4 heteroatoms. The largest absolute Gasteiger partial charge is 0.382 e. The SMILES string of the molecule is COCC(CNCC1NCCC1C)OC. The molecule has 15 heavy (non-hydrogen) atoms. The summed E-state index contributed by atoms with van der Waals surface area (Å²) >= 11 is 0. The van der Waals surface area contributed by atoms with E-state index in [0.717, 1.165) is 25.6 Å². The van der Waals surface area contributed by atoms with Gasteiger partial charge in [-0.15, -0.1) is 0 Å². The van der Waals surface area contributed by atoms with Crippen LogP contribution < -0.4 is 10.6 Å². The van der Waals surface area contributed by atoms with E-state index in [1.54, 1.807) is 14.2 Å². The summed E-state index contributed by atoms with van der Waals surface area (Å²) in [7, 11) is 3.43. The van der Waals surface area contributed by atoms with Crippen LogP contribution in [-0.2, 0) is 9.47 Å². The molecule has 0 saturated carbocycles. The molecule has 1 saturated heterocycles. The summed E-state index contributed by atoms with van der Waals surface area (Å²) in [5, 5.41) is 6.92. The van der Waals surface area contributed by atoms with Gasteiger partial charge in [-0.05, 0) is 18.9 Å². The van der Waals surface area contributed by atoms with Crippen LogP contribution in [0.3, 0.4) is 0 Å². The van der Waals surface area contributed by atoms with Crippen LogP contribution in [-0.4, -0.2) is 52.6 Å². The highest BCUT2D eigenvalue weighted by Gasteiger charge is 2.22. The van der Waals surface area contributed by atoms with E-state index in [-0.39, 0.29) is 6.10 Å². The molecule has 0 amide bonds. The third kappa shape index (κ3) is 4.47. The minimum atomic E-state index is 0.159. The van der Waals surface area contributed by atoms with Gasteiger partial charge in [-0.2, -0.15) is 0 Å². The molecule has 2 N–H and O–H groups in total. The van der Waals surface area contributed by atoms with Crippen LogP contribution in [0.4, 0.5) is 0 Å². The Morgan fingerprint density at radius 3 is 2.80 bits per heavy atom. The highest BCUT2D eigenvalue weighted by atomic mass is 16.5. The molecule has 0 bridgehead atoms. The lowest BCUT2D eigenvalue weighted by Gasteiger charge is -2.19. The third-order valence-corrected chi connectivity index (χ3v) is 3.12. The fraction of sp³-hybridized carbons (Fsp3) is 1.00. The smallest absolute Gasteiger partial charge is 0.0928 e. The van der Waals surface area contributed by atoms with Gasteiger partial charge in [0, 0.05) is 33.4 Å². The normalized spacial score (nSPS) is 28.2. The number of hydrogen-bond acceptors (Lipinski definition) is 4. The van der Waals surface area contributed by atoms with Crippen LogP contribution in [0.15, 0.2) is 0 Å². The Kier molecular flexibility index (Phi) is 6.17. The lowest BCUT2D eigenvalue weighted by Crippen LogP contribution is -2.41. The van der Waals surface area contributed by atoms with Gasteiger partial charge in [0.2, 0.25) is 0 Å². The number of nitrogens with one attached hydrogen (secondary N) is 2. The summed E-state index contributed by atoms with van der Waals surface area (Å²) in [5.41, 5.74) is 0. The van der Waals surface area contributed by atoms with Gasteiger partial charge in [0.05, 0.1) is 12.7 Å². The second-order valence-corrected chi connectivity index (χ2v) is 4.30. The van der Waals surface area contributed by atoms with Gasteiger partial charge in [-0.1, -0.05) is 6.92 Å². The number of ether oxygens (including phenoxy) is 2. The Bertz CT molecular complexity index is 167. The molecular weight excluding hydrogens is 192 g/mol. The number of rotatable bonds is 7. The fourth-order valence-electron chi connectivity index (χ4n) is 1.97. The third-order valence-electron chi connectivity index (χ3n) is 3.12. The second-order valence-electron chi connectivity index (χ2n) is 4.30. The molecule has 1 aliphatic rings. The highest BCUT2D eigenvalue weighted by Crippen LogP contribution is 2.13. The lowest BCUT2D eigenvalue weighted by molar-refractivity contribution is 0.0286. The van der Waals surface area contributed by atoms with Gasteiger partial charge in [0.25, 0.3) is 0 Å². The molecule has 0 aromatic rings. The fourth-order valence-corrected chi connectivity index (χ4v) is 1.97. The molecule has 0 aliphatic carbocycles. The van der Waals surface area contributed by atoms with Crippen molar-refractivity contribution in [1.29, 1.82) is 0 Å². The first-order valence-corrected chi connectivity index (χ1v) is 5.73. The van der Waals surface area contributed by atoms with E-state index in [2.05, 4.69) is 17.6 Å². The molecule has 1 aliphatic heterocycles. The maximum Gasteiger partial charge on any atom is 0.0928 e. The van der Waals surface area contributed by atoms with Crippen LogP contribution in [0, 0.1) is 5.92 Å². The summed E-state index contributed by atoms with van der Waals surface area (Å²) in [4.78, 5) is 0. The van der Waals surface area contributed by atoms with E-state index in [4.69, 9.17) is 9.47 Å². The van der Waals surface area contributed by atoms with Gasteiger partial charge < -0.3 is 20.1 Å². The van der Waals surface area contributed by atoms with Crippen LogP contribution in [0.1, 0.15) is 13.3 Å². The van der Waals surface area contributed by atoms with E-state index in [0.29, 0.717) is 12.6 Å². The number of hydrogen-bond donors (Lipinski definition) is 2. The van der Waals surface area contributed by atoms with E-state index in [1.165, 1.54) is 6.42 Å². The zero-order valence-electron chi connectivity index (χ0n) is 10.1. The van der Waals surface area contributed by atoms with Crippen LogP contribution in [0.5, 0.6) is 0 Å². The standard InChI is InChI=1S/C11H24N2O2/c1-9-4-5-13-11(9)7-12-6-10(15-3)8-14-2/h9-13H,4-8H2,1-3H3. The summed E-state index contributed by atoms with van der Waals surface area (Å²) in [6.07, 6.45) is 1.45. The van der Waals surface area contributed by atoms with Crippen molar-refractivity contribution in [1.82, 2.24) is 10.6 Å². The van der Waals surface area contributed by atoms with Gasteiger partial charge in [0.1, 0.15) is 0 Å². The Hall–Kier alpha value is -0.160. The number of methoxy groups -OCH3 is 2. The van der Waals surface area contributed by atoms with Crippen molar-refractivity contribution < 1.29 is 9.47 Å². The minimum Gasteiger partial charge on any atom is -0.382 e. The monoisotopic (exact) mass is 216 g/mol. The van der Waals surface area contributed by atoms with Crippen molar-refractivity contribution in [2.24, 2.45) is 5.92 Å². The van der Waals surface area contributed by atoms with E-state index < -0.39 is 0 Å². The predicted molar refractivity (Wildman–Crippen MR) is 61.1 cm³/mol. The quantitative estimate of drug-likeness (QED) is 0.639. The molecule has 1 rings (SSSR count). The Balaban J connectivity index is 2.08. The van der Waals surface area contributed by atoms with Crippen LogP contribution in [0.25, 0.3) is 0 Å². The molecule has 3 unspecified atom stereocenters. The average Bonchev–Trinajstić information content (AvgIpc) is 2.63. The molecule has 4 nitrogen and oxygen atoms in total. The first-order chi connectivity index (χ1) is 7.27. The summed E-state index contributed by atoms with van der Waals surface area (Å²) in [6, 6.07) is 0.616.